The molecule has 0 unspecified atom stereocenters. The Hall–Kier alpha value is -0.790. The second-order valence-corrected chi connectivity index (χ2v) is 3.80. The third kappa shape index (κ3) is 1.84. The highest BCUT2D eigenvalue weighted by atomic mass is 79.9. The van der Waals surface area contributed by atoms with Crippen LogP contribution in [-0.2, 0) is 0 Å². The number of hydrogen-bond donors (Lipinski definition) is 0. The second-order valence-electron chi connectivity index (χ2n) is 2.60. The second kappa shape index (κ2) is 4.16. The van der Waals surface area contributed by atoms with E-state index in [0.29, 0.717) is 15.1 Å². The Labute approximate surface area is 104 Å². The van der Waals surface area contributed by atoms with E-state index in [4.69, 9.17) is 18.5 Å². The average Bonchev–Trinajstić information content (AvgIpc) is 2.39. The van der Waals surface area contributed by atoms with Gasteiger partial charge >= 0.3 is 0 Å². The molecule has 0 saturated heterocycles. The maximum atomic E-state index is 7.90. The molecule has 0 N–H and O–H groups in total. The zero-order chi connectivity index (χ0) is 14.3. The van der Waals surface area contributed by atoms with E-state index in [1.165, 1.54) is 0 Å². The van der Waals surface area contributed by atoms with Crippen LogP contribution < -0.4 is 0 Å². The van der Waals surface area contributed by atoms with Crippen LogP contribution in [0.4, 0.5) is 0 Å². The predicted molar refractivity (Wildman–Crippen MR) is 64.6 cm³/mol. The minimum atomic E-state index is -0.406. The molecule has 0 radical (unpaired) electrons. The SMILES string of the molecule is [2H]c1c([2H])c([2H])c(-c2cccc(Cl)c2Br)c([2H])c1[2H]. The first kappa shape index (κ1) is 5.34. The molecule has 2 aromatic carbocycles. The maximum absolute atomic E-state index is 7.90. The van der Waals surface area contributed by atoms with Gasteiger partial charge in [-0.25, -0.2) is 0 Å². The Balaban J connectivity index is 2.87. The summed E-state index contributed by atoms with van der Waals surface area (Å²) in [4.78, 5) is 0. The molecule has 0 saturated carbocycles. The first-order valence-corrected chi connectivity index (χ1v) is 5.04. The lowest BCUT2D eigenvalue weighted by Gasteiger charge is -2.05. The fourth-order valence-electron chi connectivity index (χ4n) is 1.08. The van der Waals surface area contributed by atoms with Gasteiger partial charge in [-0.3, -0.25) is 0 Å². The summed E-state index contributed by atoms with van der Waals surface area (Å²) in [5, 5.41) is 0.421. The first-order valence-electron chi connectivity index (χ1n) is 6.37. The van der Waals surface area contributed by atoms with Crippen LogP contribution in [0, 0.1) is 0 Å². The van der Waals surface area contributed by atoms with Gasteiger partial charge < -0.3 is 0 Å². The van der Waals surface area contributed by atoms with E-state index in [1.54, 1.807) is 18.2 Å². The highest BCUT2D eigenvalue weighted by molar-refractivity contribution is 9.10. The molecular formula is C12H8BrCl. The van der Waals surface area contributed by atoms with E-state index >= 15 is 0 Å². The minimum Gasteiger partial charge on any atom is -0.0831 e. The summed E-state index contributed by atoms with van der Waals surface area (Å²) in [5.41, 5.74) is 0.616. The van der Waals surface area contributed by atoms with Gasteiger partial charge in [-0.1, -0.05) is 53.9 Å². The highest BCUT2D eigenvalue weighted by Gasteiger charge is 2.04. The fourth-order valence-corrected chi connectivity index (χ4v) is 1.72. The summed E-state index contributed by atoms with van der Waals surface area (Å²) in [7, 11) is 0. The summed E-state index contributed by atoms with van der Waals surface area (Å²) in [6, 6.07) is 3.38. The van der Waals surface area contributed by atoms with Crippen molar-refractivity contribution < 1.29 is 6.85 Å². The molecule has 0 aliphatic heterocycles. The van der Waals surface area contributed by atoms with Crippen molar-refractivity contribution in [2.75, 3.05) is 0 Å². The predicted octanol–water partition coefficient (Wildman–Crippen LogP) is 4.77. The molecular weight excluding hydrogens is 259 g/mol. The molecule has 0 aromatic heterocycles. The van der Waals surface area contributed by atoms with E-state index < -0.39 is 6.04 Å². The van der Waals surface area contributed by atoms with Crippen LogP contribution in [0.3, 0.4) is 0 Å². The van der Waals surface area contributed by atoms with Crippen LogP contribution in [0.1, 0.15) is 6.85 Å². The monoisotopic (exact) mass is 271 g/mol. The van der Waals surface area contributed by atoms with Crippen molar-refractivity contribution in [1.82, 2.24) is 0 Å². The highest BCUT2D eigenvalue weighted by Crippen LogP contribution is 2.33. The van der Waals surface area contributed by atoms with Crippen molar-refractivity contribution in [2.24, 2.45) is 0 Å². The van der Waals surface area contributed by atoms with E-state index in [2.05, 4.69) is 15.9 Å². The molecule has 0 nitrogen and oxygen atoms in total. The number of hydrogen-bond acceptors (Lipinski definition) is 0. The van der Waals surface area contributed by atoms with E-state index in [1.807, 2.05) is 0 Å². The number of halogens is 2. The van der Waals surface area contributed by atoms with Crippen molar-refractivity contribution in [3.8, 4) is 11.1 Å². The van der Waals surface area contributed by atoms with Crippen LogP contribution >= 0.6 is 27.5 Å². The molecule has 2 rings (SSSR count). The fraction of sp³-hybridized carbons (Fsp3) is 0. The summed E-state index contributed by atoms with van der Waals surface area (Å²) in [6.45, 7) is 0. The van der Waals surface area contributed by atoms with Crippen molar-refractivity contribution in [3.05, 3.63) is 57.9 Å². The van der Waals surface area contributed by atoms with Crippen molar-refractivity contribution in [3.63, 3.8) is 0 Å². The maximum Gasteiger partial charge on any atom is 0.0629 e. The summed E-state index contributed by atoms with van der Waals surface area (Å²) >= 11 is 9.26. The van der Waals surface area contributed by atoms with Gasteiger partial charge in [0.1, 0.15) is 0 Å². The van der Waals surface area contributed by atoms with Gasteiger partial charge in [-0.05, 0) is 33.1 Å². The van der Waals surface area contributed by atoms with Crippen molar-refractivity contribution in [1.29, 1.82) is 0 Å². The average molecular weight is 273 g/mol. The Morgan fingerprint density at radius 2 is 1.86 bits per heavy atom. The Morgan fingerprint density at radius 3 is 2.57 bits per heavy atom. The molecule has 0 bridgehead atoms. The molecule has 2 heteroatoms. The Kier molecular flexibility index (Phi) is 1.58. The molecule has 2 aromatic rings. The summed E-state index contributed by atoms with van der Waals surface area (Å²) < 4.78 is 39.2. The van der Waals surface area contributed by atoms with Crippen LogP contribution in [0.2, 0.25) is 5.02 Å². The van der Waals surface area contributed by atoms with Gasteiger partial charge in [0.2, 0.25) is 0 Å². The smallest absolute Gasteiger partial charge is 0.0629 e. The van der Waals surface area contributed by atoms with Crippen LogP contribution in [-0.4, -0.2) is 0 Å². The molecule has 14 heavy (non-hydrogen) atoms. The standard InChI is InChI=1S/C12H8BrCl/c13-12-10(7-4-8-11(12)14)9-5-2-1-3-6-9/h1-8H/i1D,2D,3D,5D,6D. The van der Waals surface area contributed by atoms with E-state index in [0.717, 1.165) is 0 Å². The van der Waals surface area contributed by atoms with Crippen molar-refractivity contribution >= 4 is 27.5 Å². The lowest BCUT2D eigenvalue weighted by molar-refractivity contribution is 1.58. The van der Waals surface area contributed by atoms with Gasteiger partial charge in [-0.2, -0.15) is 0 Å². The molecule has 0 amide bonds. The van der Waals surface area contributed by atoms with Gasteiger partial charge in [-0.15, -0.1) is 0 Å². The zero-order valence-corrected chi connectivity index (χ0v) is 9.33. The minimum absolute atomic E-state index is 0.139. The molecule has 0 atom stereocenters. The largest absolute Gasteiger partial charge is 0.0831 e. The molecule has 0 fully saturated rings. The number of benzene rings is 2. The first-order chi connectivity index (χ1) is 8.86. The molecule has 70 valence electrons. The van der Waals surface area contributed by atoms with Crippen LogP contribution in [0.15, 0.2) is 52.9 Å². The van der Waals surface area contributed by atoms with E-state index in [9.17, 15) is 0 Å². The third-order valence-electron chi connectivity index (χ3n) is 1.72. The Morgan fingerprint density at radius 1 is 1.14 bits per heavy atom. The van der Waals surface area contributed by atoms with E-state index in [-0.39, 0.29) is 29.7 Å². The molecule has 0 aliphatic carbocycles. The lowest BCUT2D eigenvalue weighted by atomic mass is 10.1. The molecule has 0 aliphatic rings. The summed E-state index contributed by atoms with van der Waals surface area (Å²) in [5.74, 6) is 0. The van der Waals surface area contributed by atoms with Crippen LogP contribution in [0.5, 0.6) is 0 Å². The van der Waals surface area contributed by atoms with Gasteiger partial charge in [0.25, 0.3) is 0 Å². The zero-order valence-electron chi connectivity index (χ0n) is 12.0. The molecule has 0 heterocycles. The van der Waals surface area contributed by atoms with Gasteiger partial charge in [0, 0.05) is 4.47 Å². The quantitative estimate of drug-likeness (QED) is 0.701. The van der Waals surface area contributed by atoms with Gasteiger partial charge in [0.15, 0.2) is 0 Å². The van der Waals surface area contributed by atoms with Gasteiger partial charge in [0.05, 0.1) is 11.9 Å². The molecule has 0 spiro atoms. The van der Waals surface area contributed by atoms with Crippen molar-refractivity contribution in [2.45, 2.75) is 0 Å². The third-order valence-corrected chi connectivity index (χ3v) is 3.12. The topological polar surface area (TPSA) is 0 Å². The number of rotatable bonds is 1. The normalized spacial score (nSPS) is 15.1. The van der Waals surface area contributed by atoms with Crippen LogP contribution in [0.25, 0.3) is 11.1 Å². The lowest BCUT2D eigenvalue weighted by Crippen LogP contribution is -1.79. The summed E-state index contributed by atoms with van der Waals surface area (Å²) in [6.07, 6.45) is 0. The Bertz CT molecular complexity index is 643.